The summed E-state index contributed by atoms with van der Waals surface area (Å²) < 4.78 is 0. The maximum Gasteiger partial charge on any atom is 0.257 e. The Bertz CT molecular complexity index is 357. The first-order valence-corrected chi connectivity index (χ1v) is 4.70. The van der Waals surface area contributed by atoms with Crippen molar-refractivity contribution in [1.82, 2.24) is 14.9 Å². The molecule has 0 aromatic carbocycles. The number of nitrogens with zero attached hydrogens (tertiary/aromatic N) is 4. The van der Waals surface area contributed by atoms with Crippen molar-refractivity contribution in [2.75, 3.05) is 13.1 Å². The van der Waals surface area contributed by atoms with Crippen LogP contribution in [0.25, 0.3) is 0 Å². The van der Waals surface area contributed by atoms with E-state index >= 15 is 0 Å². The molecule has 0 radical (unpaired) electrons. The van der Waals surface area contributed by atoms with Gasteiger partial charge in [-0.05, 0) is 6.42 Å². The maximum atomic E-state index is 11.8. The Kier molecular flexibility index (Phi) is 4.23. The van der Waals surface area contributed by atoms with Crippen LogP contribution in [0.2, 0.25) is 0 Å². The zero-order valence-electron chi connectivity index (χ0n) is 8.55. The number of rotatable bonds is 4. The van der Waals surface area contributed by atoms with E-state index in [1.807, 2.05) is 13.0 Å². The van der Waals surface area contributed by atoms with Crippen molar-refractivity contribution in [3.05, 3.63) is 24.3 Å². The molecule has 78 valence electrons. The Labute approximate surface area is 88.4 Å². The van der Waals surface area contributed by atoms with E-state index in [0.717, 1.165) is 6.42 Å². The molecule has 0 spiro atoms. The van der Waals surface area contributed by atoms with Gasteiger partial charge in [0.1, 0.15) is 12.9 Å². The molecule has 0 saturated carbocycles. The van der Waals surface area contributed by atoms with Crippen molar-refractivity contribution in [3.63, 3.8) is 0 Å². The van der Waals surface area contributed by atoms with Crippen molar-refractivity contribution in [2.45, 2.75) is 13.3 Å². The third-order valence-electron chi connectivity index (χ3n) is 1.85. The highest BCUT2D eigenvalue weighted by Gasteiger charge is 2.14. The van der Waals surface area contributed by atoms with E-state index in [9.17, 15) is 4.79 Å². The van der Waals surface area contributed by atoms with Crippen molar-refractivity contribution >= 4 is 5.91 Å². The second kappa shape index (κ2) is 5.70. The Balaban J connectivity index is 2.77. The molecule has 15 heavy (non-hydrogen) atoms. The van der Waals surface area contributed by atoms with Crippen LogP contribution in [0.1, 0.15) is 23.7 Å². The predicted octanol–water partition coefficient (Wildman–Crippen LogP) is 0.852. The molecular formula is C10H12N4O. The highest BCUT2D eigenvalue weighted by Crippen LogP contribution is 2.02. The molecular weight excluding hydrogens is 192 g/mol. The molecule has 0 N–H and O–H groups in total. The van der Waals surface area contributed by atoms with Crippen molar-refractivity contribution in [3.8, 4) is 6.07 Å². The van der Waals surface area contributed by atoms with Crippen LogP contribution in [-0.4, -0.2) is 33.9 Å². The smallest absolute Gasteiger partial charge is 0.257 e. The van der Waals surface area contributed by atoms with Crippen LogP contribution < -0.4 is 0 Å². The molecule has 0 aliphatic heterocycles. The summed E-state index contributed by atoms with van der Waals surface area (Å²) in [7, 11) is 0. The van der Waals surface area contributed by atoms with Gasteiger partial charge >= 0.3 is 0 Å². The van der Waals surface area contributed by atoms with E-state index in [0.29, 0.717) is 12.1 Å². The maximum absolute atomic E-state index is 11.8. The quantitative estimate of drug-likeness (QED) is 0.682. The molecule has 5 nitrogen and oxygen atoms in total. The first-order valence-electron chi connectivity index (χ1n) is 4.70. The van der Waals surface area contributed by atoms with Crippen molar-refractivity contribution in [1.29, 1.82) is 5.26 Å². The number of hydrogen-bond acceptors (Lipinski definition) is 4. The van der Waals surface area contributed by atoms with Gasteiger partial charge in [0.15, 0.2) is 0 Å². The summed E-state index contributed by atoms with van der Waals surface area (Å²) in [6.45, 7) is 2.63. The molecule has 1 aromatic heterocycles. The lowest BCUT2D eigenvalue weighted by atomic mass is 10.3. The minimum Gasteiger partial charge on any atom is -0.325 e. The summed E-state index contributed by atoms with van der Waals surface area (Å²) in [6, 6.07) is 1.97. The summed E-state index contributed by atoms with van der Waals surface area (Å²) in [5.74, 6) is -0.195. The average molecular weight is 204 g/mol. The zero-order valence-corrected chi connectivity index (χ0v) is 8.55. The summed E-state index contributed by atoms with van der Waals surface area (Å²) in [5.41, 5.74) is 0.418. The van der Waals surface area contributed by atoms with Crippen molar-refractivity contribution < 1.29 is 4.79 Å². The molecule has 0 saturated heterocycles. The first kappa shape index (κ1) is 11.1. The fourth-order valence-electron chi connectivity index (χ4n) is 1.20. The minimum absolute atomic E-state index is 0.0988. The Hall–Kier alpha value is -1.96. The topological polar surface area (TPSA) is 69.9 Å². The lowest BCUT2D eigenvalue weighted by Crippen LogP contribution is -2.32. The summed E-state index contributed by atoms with van der Waals surface area (Å²) in [4.78, 5) is 20.8. The van der Waals surface area contributed by atoms with Gasteiger partial charge in [-0.1, -0.05) is 6.92 Å². The molecule has 0 fully saturated rings. The van der Waals surface area contributed by atoms with Crippen molar-refractivity contribution in [2.24, 2.45) is 0 Å². The molecule has 0 unspecified atom stereocenters. The number of nitriles is 1. The number of amides is 1. The Morgan fingerprint density at radius 2 is 2.20 bits per heavy atom. The van der Waals surface area contributed by atoms with E-state index in [1.54, 1.807) is 0 Å². The monoisotopic (exact) mass is 204 g/mol. The lowest BCUT2D eigenvalue weighted by Gasteiger charge is -2.17. The van der Waals surface area contributed by atoms with Gasteiger partial charge in [0.2, 0.25) is 0 Å². The molecule has 0 atom stereocenters. The summed E-state index contributed by atoms with van der Waals surface area (Å²) >= 11 is 0. The third-order valence-corrected chi connectivity index (χ3v) is 1.85. The number of hydrogen-bond donors (Lipinski definition) is 0. The van der Waals surface area contributed by atoms with Crippen LogP contribution >= 0.6 is 0 Å². The molecule has 1 amide bonds. The molecule has 5 heteroatoms. The highest BCUT2D eigenvalue weighted by atomic mass is 16.2. The molecule has 0 aliphatic carbocycles. The van der Waals surface area contributed by atoms with Gasteiger partial charge in [-0.25, -0.2) is 9.97 Å². The Morgan fingerprint density at radius 3 is 2.73 bits per heavy atom. The second-order valence-electron chi connectivity index (χ2n) is 3.01. The van der Waals surface area contributed by atoms with Gasteiger partial charge in [-0.3, -0.25) is 4.79 Å². The third kappa shape index (κ3) is 3.02. The van der Waals surface area contributed by atoms with Crippen LogP contribution in [0.3, 0.4) is 0 Å². The molecule has 0 aliphatic rings. The SMILES string of the molecule is CCCN(CC#N)C(=O)c1cncnc1. The molecule has 1 aromatic rings. The van der Waals surface area contributed by atoms with E-state index in [2.05, 4.69) is 9.97 Å². The Morgan fingerprint density at radius 1 is 1.53 bits per heavy atom. The zero-order chi connectivity index (χ0) is 11.1. The number of aromatic nitrogens is 2. The fraction of sp³-hybridized carbons (Fsp3) is 0.400. The standard InChI is InChI=1S/C10H12N4O/c1-2-4-14(5-3-11)10(15)9-6-12-8-13-7-9/h6-8H,2,4-5H2,1H3. The summed E-state index contributed by atoms with van der Waals surface area (Å²) in [5, 5.41) is 8.58. The second-order valence-corrected chi connectivity index (χ2v) is 3.01. The van der Waals surface area contributed by atoms with Crippen LogP contribution in [0.4, 0.5) is 0 Å². The van der Waals surface area contributed by atoms with Crippen LogP contribution in [0.5, 0.6) is 0 Å². The minimum atomic E-state index is -0.195. The van der Waals surface area contributed by atoms with E-state index in [-0.39, 0.29) is 12.5 Å². The van der Waals surface area contributed by atoms with E-state index < -0.39 is 0 Å². The number of carbonyl (C=O) groups is 1. The van der Waals surface area contributed by atoms with Crippen LogP contribution in [0.15, 0.2) is 18.7 Å². The van der Waals surface area contributed by atoms with Gasteiger partial charge in [0.05, 0.1) is 11.6 Å². The van der Waals surface area contributed by atoms with E-state index in [1.165, 1.54) is 23.6 Å². The summed E-state index contributed by atoms with van der Waals surface area (Å²) in [6.07, 6.45) is 5.09. The molecule has 0 bridgehead atoms. The van der Waals surface area contributed by atoms with E-state index in [4.69, 9.17) is 5.26 Å². The number of carbonyl (C=O) groups excluding carboxylic acids is 1. The van der Waals surface area contributed by atoms with Gasteiger partial charge < -0.3 is 4.90 Å². The fourth-order valence-corrected chi connectivity index (χ4v) is 1.20. The lowest BCUT2D eigenvalue weighted by molar-refractivity contribution is 0.0775. The normalized spacial score (nSPS) is 9.33. The highest BCUT2D eigenvalue weighted by molar-refractivity contribution is 5.93. The predicted molar refractivity (Wildman–Crippen MR) is 53.8 cm³/mol. The van der Waals surface area contributed by atoms with Crippen LogP contribution in [0, 0.1) is 11.3 Å². The van der Waals surface area contributed by atoms with Crippen LogP contribution in [-0.2, 0) is 0 Å². The largest absolute Gasteiger partial charge is 0.325 e. The first-order chi connectivity index (χ1) is 7.29. The average Bonchev–Trinajstić information content (AvgIpc) is 2.29. The molecule has 1 rings (SSSR count). The van der Waals surface area contributed by atoms with Gasteiger partial charge in [0, 0.05) is 18.9 Å². The van der Waals surface area contributed by atoms with Gasteiger partial charge in [0.25, 0.3) is 5.91 Å². The molecule has 1 heterocycles. The van der Waals surface area contributed by atoms with Gasteiger partial charge in [-0.15, -0.1) is 0 Å². The van der Waals surface area contributed by atoms with Gasteiger partial charge in [-0.2, -0.15) is 5.26 Å².